The largest absolute Gasteiger partial charge is 0.465 e. The van der Waals surface area contributed by atoms with E-state index in [1.807, 2.05) is 44.2 Å². The Kier molecular flexibility index (Phi) is 4.84. The molecule has 0 spiro atoms. The molecular weight excluding hydrogens is 330 g/mol. The van der Waals surface area contributed by atoms with E-state index in [2.05, 4.69) is 15.2 Å². The molecule has 0 fully saturated rings. The molecule has 26 heavy (non-hydrogen) atoms. The van der Waals surface area contributed by atoms with Gasteiger partial charge in [-0.2, -0.15) is 5.10 Å². The minimum atomic E-state index is -0.437. The molecule has 1 amide bonds. The van der Waals surface area contributed by atoms with Gasteiger partial charge in [0, 0.05) is 5.56 Å². The number of methoxy groups -OCH3 is 1. The van der Waals surface area contributed by atoms with Crippen LogP contribution >= 0.6 is 0 Å². The van der Waals surface area contributed by atoms with E-state index in [4.69, 9.17) is 0 Å². The van der Waals surface area contributed by atoms with Gasteiger partial charge in [0.25, 0.3) is 5.91 Å². The standard InChI is InChI=1S/C20H19N3O3/c1-13-18(14(2)23(22-13)17-7-5-4-6-8-17)21-19(24)15-9-11-16(12-10-15)20(25)26-3/h4-12H,1-3H3,(H,21,24). The first-order valence-electron chi connectivity index (χ1n) is 8.12. The van der Waals surface area contributed by atoms with Gasteiger partial charge < -0.3 is 10.1 Å². The van der Waals surface area contributed by atoms with E-state index in [-0.39, 0.29) is 5.91 Å². The highest BCUT2D eigenvalue weighted by molar-refractivity contribution is 6.05. The van der Waals surface area contributed by atoms with E-state index in [0.717, 1.165) is 17.1 Å². The molecule has 0 bridgehead atoms. The number of carbonyl (C=O) groups excluding carboxylic acids is 2. The van der Waals surface area contributed by atoms with Crippen LogP contribution in [0.5, 0.6) is 0 Å². The topological polar surface area (TPSA) is 73.2 Å². The average Bonchev–Trinajstić information content (AvgIpc) is 2.96. The summed E-state index contributed by atoms with van der Waals surface area (Å²) in [6, 6.07) is 16.0. The van der Waals surface area contributed by atoms with Crippen molar-refractivity contribution in [3.8, 4) is 5.69 Å². The maximum absolute atomic E-state index is 12.6. The molecule has 1 N–H and O–H groups in total. The number of hydrogen-bond acceptors (Lipinski definition) is 4. The Hall–Kier alpha value is -3.41. The summed E-state index contributed by atoms with van der Waals surface area (Å²) in [5.41, 5.74) is 4.02. The molecule has 1 heterocycles. The highest BCUT2D eigenvalue weighted by Gasteiger charge is 2.16. The fourth-order valence-electron chi connectivity index (χ4n) is 2.71. The molecule has 0 unspecified atom stereocenters. The first-order valence-corrected chi connectivity index (χ1v) is 8.12. The van der Waals surface area contributed by atoms with Crippen molar-refractivity contribution < 1.29 is 14.3 Å². The van der Waals surface area contributed by atoms with Gasteiger partial charge in [0.15, 0.2) is 0 Å². The number of carbonyl (C=O) groups is 2. The lowest BCUT2D eigenvalue weighted by Gasteiger charge is -2.07. The molecule has 0 aliphatic carbocycles. The van der Waals surface area contributed by atoms with Crippen molar-refractivity contribution in [2.75, 3.05) is 12.4 Å². The van der Waals surface area contributed by atoms with Gasteiger partial charge in [0.2, 0.25) is 0 Å². The molecule has 0 saturated heterocycles. The number of hydrogen-bond donors (Lipinski definition) is 1. The third-order valence-corrected chi connectivity index (χ3v) is 4.10. The number of aromatic nitrogens is 2. The Bertz CT molecular complexity index is 944. The van der Waals surface area contributed by atoms with Gasteiger partial charge in [-0.05, 0) is 50.2 Å². The van der Waals surface area contributed by atoms with E-state index in [9.17, 15) is 9.59 Å². The van der Waals surface area contributed by atoms with Crippen LogP contribution in [0.15, 0.2) is 54.6 Å². The van der Waals surface area contributed by atoms with Crippen LogP contribution in [0.4, 0.5) is 5.69 Å². The summed E-state index contributed by atoms with van der Waals surface area (Å²) in [6.45, 7) is 3.76. The van der Waals surface area contributed by atoms with Crippen LogP contribution in [0.25, 0.3) is 5.69 Å². The molecule has 3 aromatic rings. The Morgan fingerprint density at radius 3 is 2.19 bits per heavy atom. The number of esters is 1. The number of nitrogens with zero attached hydrogens (tertiary/aromatic N) is 2. The smallest absolute Gasteiger partial charge is 0.337 e. The highest BCUT2D eigenvalue weighted by atomic mass is 16.5. The molecule has 2 aromatic carbocycles. The van der Waals surface area contributed by atoms with Gasteiger partial charge in [0.1, 0.15) is 0 Å². The lowest BCUT2D eigenvalue weighted by Crippen LogP contribution is -2.13. The lowest BCUT2D eigenvalue weighted by atomic mass is 10.1. The van der Waals surface area contributed by atoms with Gasteiger partial charge in [0.05, 0.1) is 35.4 Å². The van der Waals surface area contributed by atoms with Crippen molar-refractivity contribution in [1.82, 2.24) is 9.78 Å². The molecule has 6 nitrogen and oxygen atoms in total. The van der Waals surface area contributed by atoms with Crippen molar-refractivity contribution in [2.24, 2.45) is 0 Å². The minimum Gasteiger partial charge on any atom is -0.465 e. The summed E-state index contributed by atoms with van der Waals surface area (Å²) in [7, 11) is 1.32. The Labute approximate surface area is 151 Å². The predicted molar refractivity (Wildman–Crippen MR) is 98.8 cm³/mol. The molecule has 0 saturated carbocycles. The van der Waals surface area contributed by atoms with Crippen molar-refractivity contribution >= 4 is 17.6 Å². The number of anilines is 1. The fraction of sp³-hybridized carbons (Fsp3) is 0.150. The number of amides is 1. The van der Waals surface area contributed by atoms with Crippen molar-refractivity contribution in [3.05, 3.63) is 77.1 Å². The Morgan fingerprint density at radius 1 is 0.962 bits per heavy atom. The number of benzene rings is 2. The zero-order valence-corrected chi connectivity index (χ0v) is 14.8. The molecule has 0 aliphatic heterocycles. The second-order valence-corrected chi connectivity index (χ2v) is 5.82. The van der Waals surface area contributed by atoms with Gasteiger partial charge in [-0.25, -0.2) is 9.48 Å². The number of ether oxygens (including phenoxy) is 1. The molecule has 3 rings (SSSR count). The summed E-state index contributed by atoms with van der Waals surface area (Å²) in [5, 5.41) is 7.43. The van der Waals surface area contributed by atoms with Gasteiger partial charge in [-0.1, -0.05) is 18.2 Å². The highest BCUT2D eigenvalue weighted by Crippen LogP contribution is 2.23. The number of rotatable bonds is 4. The summed E-state index contributed by atoms with van der Waals surface area (Å²) < 4.78 is 6.45. The molecule has 132 valence electrons. The van der Waals surface area contributed by atoms with E-state index in [1.165, 1.54) is 7.11 Å². The van der Waals surface area contributed by atoms with Crippen molar-refractivity contribution in [2.45, 2.75) is 13.8 Å². The van der Waals surface area contributed by atoms with Crippen molar-refractivity contribution in [3.63, 3.8) is 0 Å². The fourth-order valence-corrected chi connectivity index (χ4v) is 2.71. The summed E-state index contributed by atoms with van der Waals surface area (Å²) in [5.74, 6) is -0.701. The zero-order chi connectivity index (χ0) is 18.7. The molecule has 6 heteroatoms. The minimum absolute atomic E-state index is 0.264. The molecule has 0 aliphatic rings. The van der Waals surface area contributed by atoms with Crippen LogP contribution < -0.4 is 5.32 Å². The van der Waals surface area contributed by atoms with E-state index in [1.54, 1.807) is 28.9 Å². The van der Waals surface area contributed by atoms with Crippen LogP contribution in [-0.4, -0.2) is 28.8 Å². The molecule has 1 aromatic heterocycles. The molecule has 0 radical (unpaired) electrons. The number of nitrogens with one attached hydrogen (secondary N) is 1. The third-order valence-electron chi connectivity index (χ3n) is 4.10. The summed E-state index contributed by atoms with van der Waals surface area (Å²) in [6.07, 6.45) is 0. The lowest BCUT2D eigenvalue weighted by molar-refractivity contribution is 0.0600. The number of para-hydroxylation sites is 1. The maximum atomic E-state index is 12.6. The molecule has 0 atom stereocenters. The molecular formula is C20H19N3O3. The van der Waals surface area contributed by atoms with E-state index < -0.39 is 5.97 Å². The van der Waals surface area contributed by atoms with Crippen LogP contribution in [0.2, 0.25) is 0 Å². The van der Waals surface area contributed by atoms with Crippen LogP contribution in [-0.2, 0) is 4.74 Å². The van der Waals surface area contributed by atoms with Crippen molar-refractivity contribution in [1.29, 1.82) is 0 Å². The van der Waals surface area contributed by atoms with E-state index >= 15 is 0 Å². The monoisotopic (exact) mass is 349 g/mol. The predicted octanol–water partition coefficient (Wildman–Crippen LogP) is 3.53. The first-order chi connectivity index (χ1) is 12.5. The van der Waals surface area contributed by atoms with Crippen LogP contribution in [0, 0.1) is 13.8 Å². The first kappa shape index (κ1) is 17.4. The maximum Gasteiger partial charge on any atom is 0.337 e. The van der Waals surface area contributed by atoms with Gasteiger partial charge in [-0.3, -0.25) is 4.79 Å². The van der Waals surface area contributed by atoms with E-state index in [0.29, 0.717) is 16.8 Å². The summed E-state index contributed by atoms with van der Waals surface area (Å²) >= 11 is 0. The second-order valence-electron chi connectivity index (χ2n) is 5.82. The Balaban J connectivity index is 1.84. The second kappa shape index (κ2) is 7.23. The normalized spacial score (nSPS) is 10.4. The third kappa shape index (κ3) is 3.35. The average molecular weight is 349 g/mol. The van der Waals surface area contributed by atoms with Gasteiger partial charge >= 0.3 is 5.97 Å². The SMILES string of the molecule is COC(=O)c1ccc(C(=O)Nc2c(C)nn(-c3ccccc3)c2C)cc1. The van der Waals surface area contributed by atoms with Crippen LogP contribution in [0.3, 0.4) is 0 Å². The zero-order valence-electron chi connectivity index (χ0n) is 14.8. The quantitative estimate of drug-likeness (QED) is 0.731. The van der Waals surface area contributed by atoms with Crippen LogP contribution in [0.1, 0.15) is 32.1 Å². The van der Waals surface area contributed by atoms with Gasteiger partial charge in [-0.15, -0.1) is 0 Å². The summed E-state index contributed by atoms with van der Waals surface area (Å²) in [4.78, 5) is 24.0. The Morgan fingerprint density at radius 2 is 1.58 bits per heavy atom. The number of aryl methyl sites for hydroxylation is 1.